The number of carbonyl (C=O) groups excluding carboxylic acids is 1. The van der Waals surface area contributed by atoms with Crippen molar-refractivity contribution >= 4 is 5.91 Å². The van der Waals surface area contributed by atoms with Crippen LogP contribution in [-0.4, -0.2) is 35.8 Å². The minimum atomic E-state index is -0.0550. The number of rotatable bonds is 8. The Kier molecular flexibility index (Phi) is 6.49. The number of nitrogens with zero attached hydrogens (tertiary/aromatic N) is 2. The highest BCUT2D eigenvalue weighted by Gasteiger charge is 2.12. The van der Waals surface area contributed by atoms with Gasteiger partial charge in [0.2, 0.25) is 17.6 Å². The van der Waals surface area contributed by atoms with Crippen LogP contribution in [0.15, 0.2) is 28.8 Å². The molecule has 0 aliphatic carbocycles. The zero-order valence-corrected chi connectivity index (χ0v) is 14.7. The molecule has 6 heteroatoms. The SMILES string of the molecule is COC[C@H](C)NC(=O)CCc1nc(-c2ccc(C(C)C)cc2)no1. The number of hydrogen-bond acceptors (Lipinski definition) is 5. The highest BCUT2D eigenvalue weighted by atomic mass is 16.5. The summed E-state index contributed by atoms with van der Waals surface area (Å²) < 4.78 is 10.2. The molecular formula is C18H25N3O3. The van der Waals surface area contributed by atoms with Gasteiger partial charge in [-0.1, -0.05) is 43.3 Å². The van der Waals surface area contributed by atoms with Gasteiger partial charge in [-0.15, -0.1) is 0 Å². The quantitative estimate of drug-likeness (QED) is 0.805. The summed E-state index contributed by atoms with van der Waals surface area (Å²) in [5.74, 6) is 1.44. The van der Waals surface area contributed by atoms with Gasteiger partial charge < -0.3 is 14.6 Å². The molecule has 6 nitrogen and oxygen atoms in total. The average Bonchev–Trinajstić information content (AvgIpc) is 3.02. The molecule has 0 aliphatic rings. The first kappa shape index (κ1) is 18.1. The Hall–Kier alpha value is -2.21. The lowest BCUT2D eigenvalue weighted by Gasteiger charge is -2.11. The van der Waals surface area contributed by atoms with Crippen LogP contribution in [0.25, 0.3) is 11.4 Å². The highest BCUT2D eigenvalue weighted by molar-refractivity contribution is 5.76. The van der Waals surface area contributed by atoms with Crippen LogP contribution in [0.3, 0.4) is 0 Å². The number of aromatic nitrogens is 2. The van der Waals surface area contributed by atoms with Gasteiger partial charge in [-0.25, -0.2) is 0 Å². The van der Waals surface area contributed by atoms with E-state index in [1.54, 1.807) is 7.11 Å². The van der Waals surface area contributed by atoms with E-state index < -0.39 is 0 Å². The van der Waals surface area contributed by atoms with Crippen LogP contribution in [-0.2, 0) is 16.0 Å². The lowest BCUT2D eigenvalue weighted by molar-refractivity contribution is -0.122. The molecule has 1 atom stereocenters. The van der Waals surface area contributed by atoms with E-state index in [-0.39, 0.29) is 11.9 Å². The molecule has 1 N–H and O–H groups in total. The molecule has 0 spiro atoms. The van der Waals surface area contributed by atoms with Crippen molar-refractivity contribution in [2.75, 3.05) is 13.7 Å². The van der Waals surface area contributed by atoms with Crippen molar-refractivity contribution in [3.8, 4) is 11.4 Å². The highest BCUT2D eigenvalue weighted by Crippen LogP contribution is 2.20. The summed E-state index contributed by atoms with van der Waals surface area (Å²) in [6.45, 7) is 6.69. The summed E-state index contributed by atoms with van der Waals surface area (Å²) in [5, 5.41) is 6.84. The molecule has 0 saturated heterocycles. The van der Waals surface area contributed by atoms with E-state index in [2.05, 4.69) is 41.4 Å². The number of carbonyl (C=O) groups is 1. The fourth-order valence-electron chi connectivity index (χ4n) is 2.35. The van der Waals surface area contributed by atoms with E-state index in [1.807, 2.05) is 19.1 Å². The molecule has 2 rings (SSSR count). The molecule has 2 aromatic rings. The van der Waals surface area contributed by atoms with Crippen LogP contribution in [0.5, 0.6) is 0 Å². The summed E-state index contributed by atoms with van der Waals surface area (Å²) in [6, 6.07) is 8.10. The van der Waals surface area contributed by atoms with E-state index >= 15 is 0 Å². The van der Waals surface area contributed by atoms with Crippen LogP contribution in [0.2, 0.25) is 0 Å². The number of nitrogens with one attached hydrogen (secondary N) is 1. The van der Waals surface area contributed by atoms with Crippen LogP contribution >= 0.6 is 0 Å². The predicted octanol–water partition coefficient (Wildman–Crippen LogP) is 2.94. The Morgan fingerprint density at radius 1 is 1.25 bits per heavy atom. The summed E-state index contributed by atoms with van der Waals surface area (Å²) in [6.07, 6.45) is 0.727. The minimum absolute atomic E-state index is 0.0137. The Balaban J connectivity index is 1.90. The number of methoxy groups -OCH3 is 1. The number of benzene rings is 1. The van der Waals surface area contributed by atoms with Gasteiger partial charge in [0.05, 0.1) is 6.61 Å². The first-order chi connectivity index (χ1) is 11.5. The second-order valence-electron chi connectivity index (χ2n) is 6.21. The van der Waals surface area contributed by atoms with Gasteiger partial charge in [0, 0.05) is 31.6 Å². The Morgan fingerprint density at radius 2 is 1.96 bits per heavy atom. The molecule has 1 heterocycles. The van der Waals surface area contributed by atoms with Crippen LogP contribution in [0.1, 0.15) is 44.6 Å². The third kappa shape index (κ3) is 5.16. The van der Waals surface area contributed by atoms with Crippen LogP contribution < -0.4 is 5.32 Å². The Bertz CT molecular complexity index is 650. The summed E-state index contributed by atoms with van der Waals surface area (Å²) in [7, 11) is 1.61. The van der Waals surface area contributed by atoms with Crippen LogP contribution in [0.4, 0.5) is 0 Å². The minimum Gasteiger partial charge on any atom is -0.383 e. The van der Waals surface area contributed by atoms with Crippen molar-refractivity contribution in [1.82, 2.24) is 15.5 Å². The normalized spacial score (nSPS) is 12.4. The van der Waals surface area contributed by atoms with Crippen molar-refractivity contribution < 1.29 is 14.1 Å². The van der Waals surface area contributed by atoms with Gasteiger partial charge in [-0.05, 0) is 18.4 Å². The lowest BCUT2D eigenvalue weighted by atomic mass is 10.0. The molecule has 0 radical (unpaired) electrons. The molecule has 0 bridgehead atoms. The van der Waals surface area contributed by atoms with Crippen molar-refractivity contribution in [3.63, 3.8) is 0 Å². The van der Waals surface area contributed by atoms with Crippen molar-refractivity contribution in [2.45, 2.75) is 45.6 Å². The molecular weight excluding hydrogens is 306 g/mol. The van der Waals surface area contributed by atoms with Crippen LogP contribution in [0, 0.1) is 0 Å². The Labute approximate surface area is 142 Å². The topological polar surface area (TPSA) is 77.2 Å². The molecule has 1 amide bonds. The maximum atomic E-state index is 11.8. The van der Waals surface area contributed by atoms with E-state index in [4.69, 9.17) is 9.26 Å². The maximum Gasteiger partial charge on any atom is 0.227 e. The van der Waals surface area contributed by atoms with Gasteiger partial charge >= 0.3 is 0 Å². The van der Waals surface area contributed by atoms with Gasteiger partial charge in [-0.2, -0.15) is 4.98 Å². The van der Waals surface area contributed by atoms with Gasteiger partial charge in [0.1, 0.15) is 0 Å². The number of ether oxygens (including phenoxy) is 1. The Morgan fingerprint density at radius 3 is 2.58 bits per heavy atom. The van der Waals surface area contributed by atoms with Crippen molar-refractivity contribution in [3.05, 3.63) is 35.7 Å². The predicted molar refractivity (Wildman–Crippen MR) is 91.6 cm³/mol. The fraction of sp³-hybridized carbons (Fsp3) is 0.500. The number of aryl methyl sites for hydroxylation is 1. The third-order valence-corrected chi connectivity index (χ3v) is 3.69. The molecule has 1 aromatic carbocycles. The maximum absolute atomic E-state index is 11.8. The second kappa shape index (κ2) is 8.59. The molecule has 0 saturated carbocycles. The van der Waals surface area contributed by atoms with Gasteiger partial charge in [0.15, 0.2) is 0 Å². The van der Waals surface area contributed by atoms with E-state index in [0.717, 1.165) is 5.56 Å². The standard InChI is InChI=1S/C18H25N3O3/c1-12(2)14-5-7-15(8-6-14)18-20-17(24-21-18)10-9-16(22)19-13(3)11-23-4/h5-8,12-13H,9-11H2,1-4H3,(H,19,22)/t13-/m0/s1. The van der Waals surface area contributed by atoms with Gasteiger partial charge in [-0.3, -0.25) is 4.79 Å². The summed E-state index contributed by atoms with van der Waals surface area (Å²) >= 11 is 0. The second-order valence-corrected chi connectivity index (χ2v) is 6.21. The monoisotopic (exact) mass is 331 g/mol. The summed E-state index contributed by atoms with van der Waals surface area (Å²) in [4.78, 5) is 16.2. The van der Waals surface area contributed by atoms with Gasteiger partial charge in [0.25, 0.3) is 0 Å². The zero-order chi connectivity index (χ0) is 17.5. The molecule has 0 aliphatic heterocycles. The lowest BCUT2D eigenvalue weighted by Crippen LogP contribution is -2.35. The molecule has 0 fully saturated rings. The largest absolute Gasteiger partial charge is 0.383 e. The first-order valence-corrected chi connectivity index (χ1v) is 8.20. The number of amides is 1. The van der Waals surface area contributed by atoms with E-state index in [1.165, 1.54) is 5.56 Å². The fourth-order valence-corrected chi connectivity index (χ4v) is 2.35. The van der Waals surface area contributed by atoms with Crippen molar-refractivity contribution in [2.24, 2.45) is 0 Å². The molecule has 0 unspecified atom stereocenters. The zero-order valence-electron chi connectivity index (χ0n) is 14.7. The van der Waals surface area contributed by atoms with E-state index in [0.29, 0.717) is 37.1 Å². The average molecular weight is 331 g/mol. The van der Waals surface area contributed by atoms with E-state index in [9.17, 15) is 4.79 Å². The molecule has 130 valence electrons. The smallest absolute Gasteiger partial charge is 0.227 e. The molecule has 1 aromatic heterocycles. The third-order valence-electron chi connectivity index (χ3n) is 3.69. The van der Waals surface area contributed by atoms with Crippen molar-refractivity contribution in [1.29, 1.82) is 0 Å². The summed E-state index contributed by atoms with van der Waals surface area (Å²) in [5.41, 5.74) is 2.18. The first-order valence-electron chi connectivity index (χ1n) is 8.20. The molecule has 24 heavy (non-hydrogen) atoms. The number of hydrogen-bond donors (Lipinski definition) is 1.